The Labute approximate surface area is 148 Å². The number of rotatable bonds is 4. The average Bonchev–Trinajstić information content (AvgIpc) is 2.64. The van der Waals surface area contributed by atoms with Gasteiger partial charge in [-0.1, -0.05) is 6.58 Å². The van der Waals surface area contributed by atoms with Gasteiger partial charge in [0.25, 0.3) is 0 Å². The van der Waals surface area contributed by atoms with Crippen LogP contribution in [0.25, 0.3) is 0 Å². The van der Waals surface area contributed by atoms with Gasteiger partial charge in [-0.15, -0.1) is 0 Å². The van der Waals surface area contributed by atoms with E-state index >= 15 is 0 Å². The third kappa shape index (κ3) is 4.53. The highest BCUT2D eigenvalue weighted by molar-refractivity contribution is 5.87. The summed E-state index contributed by atoms with van der Waals surface area (Å²) in [5.41, 5.74) is 3.28. The largest absolute Gasteiger partial charge is 0.417 e. The number of nitriles is 1. The number of alkyl halides is 3. The molecule has 0 unspecified atom stereocenters. The van der Waals surface area contributed by atoms with E-state index < -0.39 is 17.3 Å². The second-order valence-electron chi connectivity index (χ2n) is 5.79. The Morgan fingerprint density at radius 1 is 1.31 bits per heavy atom. The standard InChI is InChI=1S/C17H17F3N4O2/c1-2-15(25)24-7-5-11(6-8-24)16(26)23-22-13-4-3-12(10-21)14(9-13)17(18,19)20/h2-4,9,11,22H,1,5-8H2,(H,23,26). The van der Waals surface area contributed by atoms with Crippen molar-refractivity contribution in [2.24, 2.45) is 5.92 Å². The van der Waals surface area contributed by atoms with Crippen molar-refractivity contribution in [3.8, 4) is 6.07 Å². The second kappa shape index (κ2) is 7.91. The Morgan fingerprint density at radius 3 is 2.50 bits per heavy atom. The van der Waals surface area contributed by atoms with Gasteiger partial charge in [0.2, 0.25) is 11.8 Å². The van der Waals surface area contributed by atoms with Crippen LogP contribution in [0.3, 0.4) is 0 Å². The molecule has 0 bridgehead atoms. The van der Waals surface area contributed by atoms with E-state index in [1.165, 1.54) is 18.2 Å². The molecule has 1 aromatic carbocycles. The van der Waals surface area contributed by atoms with E-state index in [4.69, 9.17) is 5.26 Å². The van der Waals surface area contributed by atoms with Crippen LogP contribution < -0.4 is 10.9 Å². The van der Waals surface area contributed by atoms with E-state index in [-0.39, 0.29) is 23.4 Å². The number of nitrogens with one attached hydrogen (secondary N) is 2. The van der Waals surface area contributed by atoms with E-state index in [1.54, 1.807) is 4.90 Å². The van der Waals surface area contributed by atoms with Gasteiger partial charge in [0.1, 0.15) is 0 Å². The van der Waals surface area contributed by atoms with Crippen molar-refractivity contribution < 1.29 is 22.8 Å². The Kier molecular flexibility index (Phi) is 5.87. The molecule has 26 heavy (non-hydrogen) atoms. The number of benzene rings is 1. The molecular formula is C17H17F3N4O2. The molecule has 2 N–H and O–H groups in total. The molecule has 0 aliphatic carbocycles. The highest BCUT2D eigenvalue weighted by Crippen LogP contribution is 2.33. The number of hydrogen-bond donors (Lipinski definition) is 2. The monoisotopic (exact) mass is 366 g/mol. The van der Waals surface area contributed by atoms with Crippen molar-refractivity contribution in [1.82, 2.24) is 10.3 Å². The zero-order valence-corrected chi connectivity index (χ0v) is 13.8. The number of hydrazine groups is 1. The smallest absolute Gasteiger partial charge is 0.339 e. The minimum absolute atomic E-state index is 0.0175. The lowest BCUT2D eigenvalue weighted by molar-refractivity contribution is -0.137. The van der Waals surface area contributed by atoms with Crippen molar-refractivity contribution in [1.29, 1.82) is 5.26 Å². The summed E-state index contributed by atoms with van der Waals surface area (Å²) in [5, 5.41) is 8.77. The molecule has 1 aromatic rings. The van der Waals surface area contributed by atoms with Crippen LogP contribution >= 0.6 is 0 Å². The Balaban J connectivity index is 1.95. The van der Waals surface area contributed by atoms with Gasteiger partial charge >= 0.3 is 6.18 Å². The molecule has 2 amide bonds. The zero-order chi connectivity index (χ0) is 19.3. The van der Waals surface area contributed by atoms with Crippen LogP contribution in [-0.4, -0.2) is 29.8 Å². The van der Waals surface area contributed by atoms with Gasteiger partial charge in [-0.25, -0.2) is 0 Å². The molecular weight excluding hydrogens is 349 g/mol. The van der Waals surface area contributed by atoms with Crippen LogP contribution in [0, 0.1) is 17.2 Å². The quantitative estimate of drug-likeness (QED) is 0.633. The molecule has 0 aromatic heterocycles. The third-order valence-corrected chi connectivity index (χ3v) is 4.13. The number of nitrogens with zero attached hydrogens (tertiary/aromatic N) is 2. The van der Waals surface area contributed by atoms with Crippen LogP contribution in [-0.2, 0) is 15.8 Å². The zero-order valence-electron chi connectivity index (χ0n) is 13.8. The molecule has 1 heterocycles. The number of carbonyl (C=O) groups is 2. The summed E-state index contributed by atoms with van der Waals surface area (Å²) in [6.07, 6.45) is -2.55. The average molecular weight is 366 g/mol. The SMILES string of the molecule is C=CC(=O)N1CCC(C(=O)NNc2ccc(C#N)c(C(F)(F)F)c2)CC1. The summed E-state index contributed by atoms with van der Waals surface area (Å²) >= 11 is 0. The molecule has 2 rings (SSSR count). The molecule has 1 fully saturated rings. The fourth-order valence-electron chi connectivity index (χ4n) is 2.68. The fourth-order valence-corrected chi connectivity index (χ4v) is 2.68. The molecule has 9 heteroatoms. The predicted octanol–water partition coefficient (Wildman–Crippen LogP) is 2.44. The van der Waals surface area contributed by atoms with Crippen molar-refractivity contribution in [2.45, 2.75) is 19.0 Å². The number of carbonyl (C=O) groups excluding carboxylic acids is 2. The minimum atomic E-state index is -4.67. The van der Waals surface area contributed by atoms with Crippen molar-refractivity contribution in [2.75, 3.05) is 18.5 Å². The topological polar surface area (TPSA) is 85.2 Å². The summed E-state index contributed by atoms with van der Waals surface area (Å²) in [4.78, 5) is 25.2. The number of piperidine rings is 1. The van der Waals surface area contributed by atoms with E-state index in [0.717, 1.165) is 12.1 Å². The first-order valence-electron chi connectivity index (χ1n) is 7.84. The fraction of sp³-hybridized carbons (Fsp3) is 0.353. The first kappa shape index (κ1) is 19.3. The number of halogens is 3. The van der Waals surface area contributed by atoms with Gasteiger partial charge in [0.05, 0.1) is 22.9 Å². The lowest BCUT2D eigenvalue weighted by atomic mass is 9.96. The molecule has 0 saturated carbocycles. The van der Waals surface area contributed by atoms with Crippen LogP contribution in [0.2, 0.25) is 0 Å². The lowest BCUT2D eigenvalue weighted by Crippen LogP contribution is -2.43. The molecule has 0 atom stereocenters. The predicted molar refractivity (Wildman–Crippen MR) is 87.4 cm³/mol. The maximum Gasteiger partial charge on any atom is 0.417 e. The van der Waals surface area contributed by atoms with Crippen LogP contribution in [0.4, 0.5) is 18.9 Å². The molecule has 0 radical (unpaired) electrons. The van der Waals surface area contributed by atoms with Gasteiger partial charge in [-0.05, 0) is 37.1 Å². The number of amides is 2. The van der Waals surface area contributed by atoms with Crippen molar-refractivity contribution in [3.05, 3.63) is 42.0 Å². The third-order valence-electron chi connectivity index (χ3n) is 4.13. The maximum absolute atomic E-state index is 12.9. The summed E-state index contributed by atoms with van der Waals surface area (Å²) in [6.45, 7) is 4.24. The highest BCUT2D eigenvalue weighted by atomic mass is 19.4. The van der Waals surface area contributed by atoms with Gasteiger partial charge in [-0.2, -0.15) is 18.4 Å². The molecule has 1 saturated heterocycles. The molecule has 1 aliphatic heterocycles. The summed E-state index contributed by atoms with van der Waals surface area (Å²) in [5.74, 6) is -0.912. The molecule has 1 aliphatic rings. The molecule has 6 nitrogen and oxygen atoms in total. The van der Waals surface area contributed by atoms with Crippen LogP contribution in [0.5, 0.6) is 0 Å². The number of hydrogen-bond acceptors (Lipinski definition) is 4. The normalized spacial score (nSPS) is 15.1. The van der Waals surface area contributed by atoms with Gasteiger partial charge in [0, 0.05) is 19.0 Å². The van der Waals surface area contributed by atoms with Gasteiger partial charge in [0.15, 0.2) is 0 Å². The van der Waals surface area contributed by atoms with Crippen LogP contribution in [0.1, 0.15) is 24.0 Å². The summed E-state index contributed by atoms with van der Waals surface area (Å²) in [6, 6.07) is 4.57. The minimum Gasteiger partial charge on any atom is -0.339 e. The summed E-state index contributed by atoms with van der Waals surface area (Å²) in [7, 11) is 0. The van der Waals surface area contributed by atoms with E-state index in [0.29, 0.717) is 25.9 Å². The van der Waals surface area contributed by atoms with E-state index in [9.17, 15) is 22.8 Å². The number of anilines is 1. The van der Waals surface area contributed by atoms with Gasteiger partial charge in [-0.3, -0.25) is 20.4 Å². The van der Waals surface area contributed by atoms with Crippen molar-refractivity contribution >= 4 is 17.5 Å². The molecule has 138 valence electrons. The Morgan fingerprint density at radius 2 is 1.96 bits per heavy atom. The van der Waals surface area contributed by atoms with E-state index in [2.05, 4.69) is 17.4 Å². The first-order chi connectivity index (χ1) is 12.3. The van der Waals surface area contributed by atoms with Crippen LogP contribution in [0.15, 0.2) is 30.9 Å². The van der Waals surface area contributed by atoms with Gasteiger partial charge < -0.3 is 4.90 Å². The Bertz CT molecular complexity index is 747. The number of likely N-dealkylation sites (tertiary alicyclic amines) is 1. The Hall–Kier alpha value is -3.02. The highest BCUT2D eigenvalue weighted by Gasteiger charge is 2.34. The van der Waals surface area contributed by atoms with E-state index in [1.807, 2.05) is 0 Å². The molecule has 0 spiro atoms. The van der Waals surface area contributed by atoms with Crippen molar-refractivity contribution in [3.63, 3.8) is 0 Å². The first-order valence-corrected chi connectivity index (χ1v) is 7.84. The second-order valence-corrected chi connectivity index (χ2v) is 5.79. The summed E-state index contributed by atoms with van der Waals surface area (Å²) < 4.78 is 38.8. The maximum atomic E-state index is 12.9. The lowest BCUT2D eigenvalue weighted by Gasteiger charge is -2.30.